The maximum Gasteiger partial charge on any atom is 0.231 e. The van der Waals surface area contributed by atoms with Crippen molar-refractivity contribution in [1.82, 2.24) is 4.98 Å². The number of benzene rings is 2. The van der Waals surface area contributed by atoms with Crippen LogP contribution in [0.1, 0.15) is 12.0 Å². The Morgan fingerprint density at radius 2 is 1.96 bits per heavy atom. The van der Waals surface area contributed by atoms with Crippen LogP contribution >= 0.6 is 0 Å². The van der Waals surface area contributed by atoms with Crippen LogP contribution in [0.5, 0.6) is 0 Å². The number of anilines is 1. The fourth-order valence-electron chi connectivity index (χ4n) is 2.94. The molecule has 2 atom stereocenters. The smallest absolute Gasteiger partial charge is 0.231 e. The summed E-state index contributed by atoms with van der Waals surface area (Å²) in [5.41, 5.74) is 2.73. The van der Waals surface area contributed by atoms with E-state index in [2.05, 4.69) is 10.3 Å². The number of amides is 1. The molecule has 5 heteroatoms. The summed E-state index contributed by atoms with van der Waals surface area (Å²) < 4.78 is 26.5. The standard InChI is InChI=1S/C20H16F2N2O/c1-11-2-5-15(21)8-16(11)13-4-3-12-7-19(23-10-14(12)6-13)24-20(25)17-9-18(17)22/h2-8,10,17-18H,9H2,1H3,(H,23,24,25)/t17?,18-/m1/s1. The van der Waals surface area contributed by atoms with Gasteiger partial charge in [0.15, 0.2) is 0 Å². The average molecular weight is 338 g/mol. The lowest BCUT2D eigenvalue weighted by Gasteiger charge is -2.09. The summed E-state index contributed by atoms with van der Waals surface area (Å²) in [5, 5.41) is 4.43. The number of alkyl halides is 1. The highest BCUT2D eigenvalue weighted by molar-refractivity contribution is 5.96. The Balaban J connectivity index is 1.64. The third kappa shape index (κ3) is 3.09. The van der Waals surface area contributed by atoms with E-state index in [1.807, 2.05) is 25.1 Å². The van der Waals surface area contributed by atoms with E-state index in [1.165, 1.54) is 12.1 Å². The van der Waals surface area contributed by atoms with Crippen molar-refractivity contribution in [2.45, 2.75) is 19.5 Å². The molecule has 1 N–H and O–H groups in total. The Morgan fingerprint density at radius 3 is 2.72 bits per heavy atom. The van der Waals surface area contributed by atoms with Gasteiger partial charge in [-0.15, -0.1) is 0 Å². The zero-order valence-electron chi connectivity index (χ0n) is 13.6. The third-order valence-corrected chi connectivity index (χ3v) is 4.53. The minimum Gasteiger partial charge on any atom is -0.310 e. The lowest BCUT2D eigenvalue weighted by atomic mass is 9.98. The topological polar surface area (TPSA) is 42.0 Å². The van der Waals surface area contributed by atoms with Crippen LogP contribution in [0.25, 0.3) is 21.9 Å². The molecule has 0 bridgehead atoms. The predicted octanol–water partition coefficient (Wildman–Crippen LogP) is 4.65. The molecule has 25 heavy (non-hydrogen) atoms. The number of nitrogens with one attached hydrogen (secondary N) is 1. The minimum atomic E-state index is -1.03. The summed E-state index contributed by atoms with van der Waals surface area (Å²) in [6, 6.07) is 12.2. The number of halogens is 2. The Kier molecular flexibility index (Phi) is 3.71. The monoisotopic (exact) mass is 338 g/mol. The molecule has 1 aliphatic rings. The maximum atomic E-state index is 13.5. The molecule has 126 valence electrons. The molecule has 1 unspecified atom stereocenters. The number of rotatable bonds is 3. The molecular formula is C20H16F2N2O. The molecule has 2 aromatic carbocycles. The average Bonchev–Trinajstić information content (AvgIpc) is 3.33. The molecular weight excluding hydrogens is 322 g/mol. The maximum absolute atomic E-state index is 13.5. The molecule has 1 aromatic heterocycles. The first-order chi connectivity index (χ1) is 12.0. The van der Waals surface area contributed by atoms with Crippen molar-refractivity contribution >= 4 is 22.5 Å². The number of carbonyl (C=O) groups excluding carboxylic acids is 1. The summed E-state index contributed by atoms with van der Waals surface area (Å²) in [6.45, 7) is 1.94. The van der Waals surface area contributed by atoms with Gasteiger partial charge in [-0.25, -0.2) is 13.8 Å². The summed E-state index contributed by atoms with van der Waals surface area (Å²) in [4.78, 5) is 16.0. The van der Waals surface area contributed by atoms with Gasteiger partial charge in [-0.1, -0.05) is 18.2 Å². The van der Waals surface area contributed by atoms with E-state index in [0.29, 0.717) is 5.82 Å². The lowest BCUT2D eigenvalue weighted by Crippen LogP contribution is -2.15. The minimum absolute atomic E-state index is 0.275. The molecule has 0 radical (unpaired) electrons. The van der Waals surface area contributed by atoms with Gasteiger partial charge in [0.1, 0.15) is 17.8 Å². The van der Waals surface area contributed by atoms with Crippen LogP contribution in [-0.4, -0.2) is 17.1 Å². The van der Waals surface area contributed by atoms with Gasteiger partial charge in [-0.2, -0.15) is 0 Å². The second-order valence-corrected chi connectivity index (χ2v) is 6.44. The quantitative estimate of drug-likeness (QED) is 0.755. The first kappa shape index (κ1) is 15.7. The molecule has 0 saturated heterocycles. The van der Waals surface area contributed by atoms with Crippen LogP contribution in [0.15, 0.2) is 48.7 Å². The number of carbonyl (C=O) groups is 1. The number of fused-ring (bicyclic) bond motifs is 1. The Labute approximate surface area is 143 Å². The molecule has 4 rings (SSSR count). The number of aryl methyl sites for hydroxylation is 1. The van der Waals surface area contributed by atoms with Crippen LogP contribution < -0.4 is 5.32 Å². The molecule has 1 aliphatic carbocycles. The van der Waals surface area contributed by atoms with Crippen molar-refractivity contribution in [3.63, 3.8) is 0 Å². The number of pyridine rings is 1. The fourth-order valence-corrected chi connectivity index (χ4v) is 2.94. The van der Waals surface area contributed by atoms with Gasteiger partial charge in [0.25, 0.3) is 0 Å². The van der Waals surface area contributed by atoms with Crippen LogP contribution in [0.4, 0.5) is 14.6 Å². The number of hydrogen-bond acceptors (Lipinski definition) is 2. The molecule has 0 aliphatic heterocycles. The van der Waals surface area contributed by atoms with E-state index in [9.17, 15) is 13.6 Å². The zero-order chi connectivity index (χ0) is 17.6. The highest BCUT2D eigenvalue weighted by Gasteiger charge is 2.43. The predicted molar refractivity (Wildman–Crippen MR) is 93.5 cm³/mol. The van der Waals surface area contributed by atoms with Gasteiger partial charge >= 0.3 is 0 Å². The Hall–Kier alpha value is -2.82. The Bertz CT molecular complexity index is 987. The van der Waals surface area contributed by atoms with Gasteiger partial charge in [0.05, 0.1) is 5.92 Å². The summed E-state index contributed by atoms with van der Waals surface area (Å²) >= 11 is 0. The molecule has 1 fully saturated rings. The zero-order valence-corrected chi connectivity index (χ0v) is 13.6. The highest BCUT2D eigenvalue weighted by Crippen LogP contribution is 2.35. The molecule has 1 heterocycles. The van der Waals surface area contributed by atoms with E-state index < -0.39 is 12.1 Å². The van der Waals surface area contributed by atoms with Crippen molar-refractivity contribution in [2.24, 2.45) is 5.92 Å². The van der Waals surface area contributed by atoms with Gasteiger partial charge in [0, 0.05) is 11.6 Å². The Morgan fingerprint density at radius 1 is 1.16 bits per heavy atom. The van der Waals surface area contributed by atoms with Crippen molar-refractivity contribution in [2.75, 3.05) is 5.32 Å². The highest BCUT2D eigenvalue weighted by atomic mass is 19.1. The molecule has 0 spiro atoms. The second-order valence-electron chi connectivity index (χ2n) is 6.44. The second kappa shape index (κ2) is 5.92. The van der Waals surface area contributed by atoms with E-state index >= 15 is 0 Å². The van der Waals surface area contributed by atoms with Crippen molar-refractivity contribution in [3.8, 4) is 11.1 Å². The van der Waals surface area contributed by atoms with Crippen molar-refractivity contribution in [1.29, 1.82) is 0 Å². The molecule has 1 amide bonds. The number of hydrogen-bond donors (Lipinski definition) is 1. The van der Waals surface area contributed by atoms with Crippen LogP contribution in [0.2, 0.25) is 0 Å². The van der Waals surface area contributed by atoms with Crippen LogP contribution in [-0.2, 0) is 4.79 Å². The summed E-state index contributed by atoms with van der Waals surface area (Å²) in [6.07, 6.45) is 0.913. The SMILES string of the molecule is Cc1ccc(F)cc1-c1ccc2cc(NC(=O)C3C[C@H]3F)ncc2c1. The normalized spacial score (nSPS) is 19.0. The summed E-state index contributed by atoms with van der Waals surface area (Å²) in [7, 11) is 0. The number of aromatic nitrogens is 1. The van der Waals surface area contributed by atoms with E-state index in [-0.39, 0.29) is 18.1 Å². The first-order valence-electron chi connectivity index (χ1n) is 8.12. The molecule has 3 nitrogen and oxygen atoms in total. The third-order valence-electron chi connectivity index (χ3n) is 4.53. The molecule has 3 aromatic rings. The van der Waals surface area contributed by atoms with E-state index in [0.717, 1.165) is 27.5 Å². The van der Waals surface area contributed by atoms with E-state index in [4.69, 9.17) is 0 Å². The van der Waals surface area contributed by atoms with Gasteiger partial charge in [-0.3, -0.25) is 4.79 Å². The van der Waals surface area contributed by atoms with Crippen LogP contribution in [0, 0.1) is 18.7 Å². The van der Waals surface area contributed by atoms with Crippen LogP contribution in [0.3, 0.4) is 0 Å². The van der Waals surface area contributed by atoms with Gasteiger partial charge in [-0.05, 0) is 59.7 Å². The largest absolute Gasteiger partial charge is 0.310 e. The number of nitrogens with zero attached hydrogens (tertiary/aromatic N) is 1. The van der Waals surface area contributed by atoms with Crippen molar-refractivity contribution < 1.29 is 13.6 Å². The van der Waals surface area contributed by atoms with Gasteiger partial charge in [0.2, 0.25) is 5.91 Å². The fraction of sp³-hybridized carbons (Fsp3) is 0.200. The molecule has 1 saturated carbocycles. The van der Waals surface area contributed by atoms with E-state index in [1.54, 1.807) is 18.3 Å². The van der Waals surface area contributed by atoms with Crippen molar-refractivity contribution in [3.05, 3.63) is 60.0 Å². The van der Waals surface area contributed by atoms with Gasteiger partial charge < -0.3 is 5.32 Å². The first-order valence-corrected chi connectivity index (χ1v) is 8.12. The lowest BCUT2D eigenvalue weighted by molar-refractivity contribution is -0.117. The summed E-state index contributed by atoms with van der Waals surface area (Å²) in [5.74, 6) is -0.739.